The average Bonchev–Trinajstić information content (AvgIpc) is 3.18. The van der Waals surface area contributed by atoms with Crippen molar-refractivity contribution >= 4 is 21.8 Å². The fourth-order valence-electron chi connectivity index (χ4n) is 1.94. The molecule has 0 radical (unpaired) electrons. The second-order valence-corrected chi connectivity index (χ2v) is 6.36. The van der Waals surface area contributed by atoms with Crippen LogP contribution in [0.4, 0.5) is 0 Å². The Bertz CT molecular complexity index is 499. The Hall–Kier alpha value is -1.07. The lowest BCUT2D eigenvalue weighted by Crippen LogP contribution is -2.28. The van der Waals surface area contributed by atoms with Gasteiger partial charge in [0.25, 0.3) is 5.91 Å². The molecule has 1 aromatic carbocycles. The molecule has 1 amide bonds. The summed E-state index contributed by atoms with van der Waals surface area (Å²) in [6, 6.07) is 4.71. The third kappa shape index (κ3) is 4.21. The van der Waals surface area contributed by atoms with Crippen LogP contribution in [-0.2, 0) is 11.3 Å². The summed E-state index contributed by atoms with van der Waals surface area (Å²) >= 11 is 3.51. The first-order valence-electron chi connectivity index (χ1n) is 6.82. The van der Waals surface area contributed by atoms with Gasteiger partial charge in [-0.05, 0) is 37.5 Å². The van der Waals surface area contributed by atoms with Crippen LogP contribution in [0.2, 0.25) is 0 Å². The van der Waals surface area contributed by atoms with E-state index >= 15 is 0 Å². The van der Waals surface area contributed by atoms with Crippen LogP contribution in [0.25, 0.3) is 0 Å². The van der Waals surface area contributed by atoms with E-state index in [1.807, 2.05) is 13.0 Å². The van der Waals surface area contributed by atoms with Gasteiger partial charge in [0.1, 0.15) is 5.75 Å². The van der Waals surface area contributed by atoms with Gasteiger partial charge >= 0.3 is 0 Å². The van der Waals surface area contributed by atoms with Crippen molar-refractivity contribution in [3.63, 3.8) is 0 Å². The van der Waals surface area contributed by atoms with Gasteiger partial charge in [0, 0.05) is 36.7 Å². The van der Waals surface area contributed by atoms with Gasteiger partial charge in [-0.25, -0.2) is 0 Å². The van der Waals surface area contributed by atoms with Crippen molar-refractivity contribution in [1.29, 1.82) is 0 Å². The number of halogens is 1. The minimum atomic E-state index is -0.0339. The number of hydrogen-bond donors (Lipinski definition) is 1. The minimum Gasteiger partial charge on any atom is -0.483 e. The van der Waals surface area contributed by atoms with Crippen molar-refractivity contribution in [2.75, 3.05) is 20.7 Å². The summed E-state index contributed by atoms with van der Waals surface area (Å²) in [5, 5.41) is 3.48. The lowest BCUT2D eigenvalue weighted by molar-refractivity contribution is -0.130. The molecule has 0 bridgehead atoms. The van der Waals surface area contributed by atoms with Crippen LogP contribution in [0.5, 0.6) is 5.75 Å². The van der Waals surface area contributed by atoms with E-state index in [9.17, 15) is 4.79 Å². The number of ether oxygens (including phenoxy) is 1. The molecular weight excluding hydrogens is 320 g/mol. The normalized spacial score (nSPS) is 14.2. The largest absolute Gasteiger partial charge is 0.483 e. The molecule has 2 rings (SSSR count). The molecule has 1 aliphatic carbocycles. The van der Waals surface area contributed by atoms with Gasteiger partial charge in [0.15, 0.2) is 6.61 Å². The van der Waals surface area contributed by atoms with Crippen LogP contribution in [0.15, 0.2) is 16.6 Å². The summed E-state index contributed by atoms with van der Waals surface area (Å²) in [4.78, 5) is 13.2. The maximum absolute atomic E-state index is 11.7. The molecule has 0 aromatic heterocycles. The van der Waals surface area contributed by atoms with Crippen molar-refractivity contribution in [3.05, 3.63) is 27.7 Å². The van der Waals surface area contributed by atoms with Crippen LogP contribution in [-0.4, -0.2) is 37.6 Å². The molecule has 0 unspecified atom stereocenters. The Morgan fingerprint density at radius 2 is 2.15 bits per heavy atom. The quantitative estimate of drug-likeness (QED) is 0.864. The summed E-state index contributed by atoms with van der Waals surface area (Å²) in [7, 11) is 3.46. The zero-order valence-electron chi connectivity index (χ0n) is 12.2. The molecule has 110 valence electrons. The Balaban J connectivity index is 2.09. The number of likely N-dealkylation sites (N-methyl/N-ethyl adjacent to an activating group) is 1. The van der Waals surface area contributed by atoms with Crippen LogP contribution in [0.3, 0.4) is 0 Å². The third-order valence-electron chi connectivity index (χ3n) is 3.31. The van der Waals surface area contributed by atoms with E-state index in [4.69, 9.17) is 4.74 Å². The predicted molar refractivity (Wildman–Crippen MR) is 82.9 cm³/mol. The number of benzene rings is 1. The highest BCUT2D eigenvalue weighted by atomic mass is 79.9. The molecule has 20 heavy (non-hydrogen) atoms. The zero-order chi connectivity index (χ0) is 14.7. The van der Waals surface area contributed by atoms with Crippen molar-refractivity contribution in [3.8, 4) is 5.75 Å². The topological polar surface area (TPSA) is 41.6 Å². The van der Waals surface area contributed by atoms with Crippen molar-refractivity contribution in [2.24, 2.45) is 0 Å². The number of rotatable bonds is 6. The molecule has 1 aliphatic rings. The monoisotopic (exact) mass is 340 g/mol. The maximum Gasteiger partial charge on any atom is 0.259 e. The summed E-state index contributed by atoms with van der Waals surface area (Å²) in [5.41, 5.74) is 2.13. The Kier molecular flexibility index (Phi) is 5.05. The standard InChI is InChI=1S/C15H21BrN2O2/c1-10-6-12(16)7-11(8-17-13-4-5-13)15(10)20-9-14(19)18(2)3/h6-7,13,17H,4-5,8-9H2,1-3H3. The molecular formula is C15H21BrN2O2. The number of amides is 1. The lowest BCUT2D eigenvalue weighted by Gasteiger charge is -2.17. The third-order valence-corrected chi connectivity index (χ3v) is 3.77. The molecule has 1 fully saturated rings. The van der Waals surface area contributed by atoms with E-state index in [2.05, 4.69) is 27.3 Å². The van der Waals surface area contributed by atoms with E-state index in [0.717, 1.165) is 27.9 Å². The fourth-order valence-corrected chi connectivity index (χ4v) is 2.56. The second-order valence-electron chi connectivity index (χ2n) is 5.44. The Morgan fingerprint density at radius 1 is 1.45 bits per heavy atom. The molecule has 0 aliphatic heterocycles. The number of nitrogens with one attached hydrogen (secondary N) is 1. The van der Waals surface area contributed by atoms with E-state index in [-0.39, 0.29) is 12.5 Å². The van der Waals surface area contributed by atoms with E-state index < -0.39 is 0 Å². The first-order valence-corrected chi connectivity index (χ1v) is 7.62. The van der Waals surface area contributed by atoms with Gasteiger partial charge in [-0.3, -0.25) is 4.79 Å². The number of carbonyl (C=O) groups is 1. The summed E-state index contributed by atoms with van der Waals surface area (Å²) in [6.45, 7) is 2.85. The minimum absolute atomic E-state index is 0.0339. The molecule has 1 aromatic rings. The van der Waals surface area contributed by atoms with Gasteiger partial charge in [0.2, 0.25) is 0 Å². The van der Waals surface area contributed by atoms with Crippen molar-refractivity contribution in [1.82, 2.24) is 10.2 Å². The smallest absolute Gasteiger partial charge is 0.259 e. The van der Waals surface area contributed by atoms with E-state index in [0.29, 0.717) is 6.04 Å². The Morgan fingerprint density at radius 3 is 2.75 bits per heavy atom. The van der Waals surface area contributed by atoms with Gasteiger partial charge in [0.05, 0.1) is 0 Å². The SMILES string of the molecule is Cc1cc(Br)cc(CNC2CC2)c1OCC(=O)N(C)C. The number of hydrogen-bond acceptors (Lipinski definition) is 3. The molecule has 4 nitrogen and oxygen atoms in total. The first kappa shape index (κ1) is 15.3. The summed E-state index contributed by atoms with van der Waals surface area (Å²) < 4.78 is 6.78. The fraction of sp³-hybridized carbons (Fsp3) is 0.533. The molecule has 1 saturated carbocycles. The molecule has 0 spiro atoms. The number of aryl methyl sites for hydroxylation is 1. The van der Waals surface area contributed by atoms with Crippen molar-refractivity contribution in [2.45, 2.75) is 32.4 Å². The maximum atomic E-state index is 11.7. The second kappa shape index (κ2) is 6.59. The first-order chi connectivity index (χ1) is 9.47. The summed E-state index contributed by atoms with van der Waals surface area (Å²) in [5.74, 6) is 0.782. The van der Waals surface area contributed by atoms with Crippen molar-refractivity contribution < 1.29 is 9.53 Å². The van der Waals surface area contributed by atoms with Crippen LogP contribution in [0, 0.1) is 6.92 Å². The molecule has 5 heteroatoms. The highest BCUT2D eigenvalue weighted by Crippen LogP contribution is 2.29. The Labute approximate surface area is 128 Å². The molecule has 0 heterocycles. The predicted octanol–water partition coefficient (Wildman–Crippen LogP) is 2.48. The molecule has 0 saturated heterocycles. The van der Waals surface area contributed by atoms with Crippen LogP contribution in [0.1, 0.15) is 24.0 Å². The highest BCUT2D eigenvalue weighted by Gasteiger charge is 2.21. The van der Waals surface area contributed by atoms with E-state index in [1.54, 1.807) is 14.1 Å². The highest BCUT2D eigenvalue weighted by molar-refractivity contribution is 9.10. The van der Waals surface area contributed by atoms with Gasteiger partial charge < -0.3 is 15.0 Å². The molecule has 0 atom stereocenters. The van der Waals surface area contributed by atoms with Gasteiger partial charge in [-0.1, -0.05) is 15.9 Å². The summed E-state index contributed by atoms with van der Waals surface area (Å²) in [6.07, 6.45) is 2.50. The van der Waals surface area contributed by atoms with Crippen LogP contribution < -0.4 is 10.1 Å². The molecule has 1 N–H and O–H groups in total. The van der Waals surface area contributed by atoms with Gasteiger partial charge in [-0.15, -0.1) is 0 Å². The number of nitrogens with zero attached hydrogens (tertiary/aromatic N) is 1. The number of carbonyl (C=O) groups excluding carboxylic acids is 1. The van der Waals surface area contributed by atoms with E-state index in [1.165, 1.54) is 17.7 Å². The lowest BCUT2D eigenvalue weighted by atomic mass is 10.1. The average molecular weight is 341 g/mol. The van der Waals surface area contributed by atoms with Crippen LogP contribution >= 0.6 is 15.9 Å². The zero-order valence-corrected chi connectivity index (χ0v) is 13.8. The van der Waals surface area contributed by atoms with Gasteiger partial charge in [-0.2, -0.15) is 0 Å².